The number of allylic oxidation sites excluding steroid dienone is 1. The monoisotopic (exact) mass is 168 g/mol. The van der Waals surface area contributed by atoms with Crippen LogP contribution in [-0.4, -0.2) is 12.6 Å². The van der Waals surface area contributed by atoms with Crippen molar-refractivity contribution in [1.29, 1.82) is 0 Å². The molecule has 12 heavy (non-hydrogen) atoms. The maximum Gasteiger partial charge on any atom is 0.330 e. The summed E-state index contributed by atoms with van der Waals surface area (Å²) in [5.74, 6) is 0.562. The van der Waals surface area contributed by atoms with Crippen LogP contribution in [0, 0.1) is 5.92 Å². The zero-order valence-corrected chi connectivity index (χ0v) is 7.80. The number of carbonyl (C=O) groups excluding carboxylic acids is 1. The molecule has 68 valence electrons. The number of hydrogen-bond acceptors (Lipinski definition) is 2. The van der Waals surface area contributed by atoms with Gasteiger partial charge in [0.2, 0.25) is 0 Å². The van der Waals surface area contributed by atoms with Crippen molar-refractivity contribution < 1.29 is 9.53 Å². The van der Waals surface area contributed by atoms with Gasteiger partial charge >= 0.3 is 5.97 Å². The van der Waals surface area contributed by atoms with E-state index < -0.39 is 0 Å². The lowest BCUT2D eigenvalue weighted by Crippen LogP contribution is -2.00. The third kappa shape index (κ3) is 2.68. The van der Waals surface area contributed by atoms with Crippen LogP contribution in [0.5, 0.6) is 0 Å². The van der Waals surface area contributed by atoms with Gasteiger partial charge in [-0.3, -0.25) is 0 Å². The highest BCUT2D eigenvalue weighted by atomic mass is 16.5. The van der Waals surface area contributed by atoms with Gasteiger partial charge in [0.05, 0.1) is 6.61 Å². The standard InChI is InChI=1S/C10H16O2/c1-3-12-10(11)7-9-5-4-8(2)6-9/h7-8H,3-6H2,1-2H3/t8-/m1/s1. The summed E-state index contributed by atoms with van der Waals surface area (Å²) in [5.41, 5.74) is 1.25. The first-order valence-electron chi connectivity index (χ1n) is 4.58. The molecule has 1 rings (SSSR count). The van der Waals surface area contributed by atoms with E-state index in [4.69, 9.17) is 4.74 Å². The lowest BCUT2D eigenvalue weighted by molar-refractivity contribution is -0.137. The van der Waals surface area contributed by atoms with Crippen molar-refractivity contribution in [1.82, 2.24) is 0 Å². The van der Waals surface area contributed by atoms with E-state index in [1.165, 1.54) is 12.0 Å². The van der Waals surface area contributed by atoms with Crippen LogP contribution in [0.1, 0.15) is 33.1 Å². The second kappa shape index (κ2) is 4.29. The quantitative estimate of drug-likeness (QED) is 0.467. The van der Waals surface area contributed by atoms with Gasteiger partial charge in [-0.1, -0.05) is 12.5 Å². The number of ether oxygens (including phenoxy) is 1. The molecule has 0 bridgehead atoms. The van der Waals surface area contributed by atoms with Gasteiger partial charge in [0.1, 0.15) is 0 Å². The summed E-state index contributed by atoms with van der Waals surface area (Å²) >= 11 is 0. The maximum atomic E-state index is 11.0. The van der Waals surface area contributed by atoms with Crippen molar-refractivity contribution in [2.24, 2.45) is 5.92 Å². The van der Waals surface area contributed by atoms with Crippen molar-refractivity contribution >= 4 is 5.97 Å². The topological polar surface area (TPSA) is 26.3 Å². The Kier molecular flexibility index (Phi) is 3.32. The highest BCUT2D eigenvalue weighted by Gasteiger charge is 2.15. The molecule has 2 heteroatoms. The molecule has 2 nitrogen and oxygen atoms in total. The van der Waals surface area contributed by atoms with Crippen LogP contribution in [0.15, 0.2) is 11.6 Å². The van der Waals surface area contributed by atoms with Crippen LogP contribution < -0.4 is 0 Å². The molecule has 0 unspecified atom stereocenters. The van der Waals surface area contributed by atoms with Gasteiger partial charge < -0.3 is 4.74 Å². The average molecular weight is 168 g/mol. The van der Waals surface area contributed by atoms with Gasteiger partial charge in [0, 0.05) is 6.08 Å². The highest BCUT2D eigenvalue weighted by molar-refractivity contribution is 5.82. The molecule has 1 atom stereocenters. The molecule has 0 N–H and O–H groups in total. The van der Waals surface area contributed by atoms with Gasteiger partial charge in [-0.2, -0.15) is 0 Å². The van der Waals surface area contributed by atoms with Crippen molar-refractivity contribution in [2.45, 2.75) is 33.1 Å². The Morgan fingerprint density at radius 2 is 2.50 bits per heavy atom. The summed E-state index contributed by atoms with van der Waals surface area (Å²) < 4.78 is 4.82. The van der Waals surface area contributed by atoms with Gasteiger partial charge in [0.25, 0.3) is 0 Å². The smallest absolute Gasteiger partial charge is 0.330 e. The second-order valence-corrected chi connectivity index (χ2v) is 3.40. The molecule has 0 aromatic carbocycles. The lowest BCUT2D eigenvalue weighted by atomic mass is 10.1. The Labute approximate surface area is 73.6 Å². The van der Waals surface area contributed by atoms with E-state index in [9.17, 15) is 4.79 Å². The molecule has 0 heterocycles. The van der Waals surface area contributed by atoms with E-state index in [1.807, 2.05) is 6.92 Å². The predicted molar refractivity (Wildman–Crippen MR) is 47.7 cm³/mol. The summed E-state index contributed by atoms with van der Waals surface area (Å²) in [4.78, 5) is 11.0. The molecule has 0 spiro atoms. The van der Waals surface area contributed by atoms with Gasteiger partial charge in [-0.15, -0.1) is 0 Å². The summed E-state index contributed by atoms with van der Waals surface area (Å²) in [5, 5.41) is 0. The molecule has 0 aromatic heterocycles. The molecule has 0 aromatic rings. The minimum atomic E-state index is -0.179. The number of rotatable bonds is 2. The Bertz CT molecular complexity index is 194. The van der Waals surface area contributed by atoms with E-state index in [0.717, 1.165) is 18.8 Å². The Morgan fingerprint density at radius 1 is 1.75 bits per heavy atom. The van der Waals surface area contributed by atoms with E-state index >= 15 is 0 Å². The van der Waals surface area contributed by atoms with Crippen LogP contribution in [-0.2, 0) is 9.53 Å². The van der Waals surface area contributed by atoms with E-state index in [0.29, 0.717) is 6.61 Å². The summed E-state index contributed by atoms with van der Waals surface area (Å²) in [6.07, 6.45) is 5.01. The molecule has 0 aliphatic heterocycles. The molecule has 0 radical (unpaired) electrons. The molecule has 1 aliphatic rings. The number of hydrogen-bond donors (Lipinski definition) is 0. The molecule has 0 saturated heterocycles. The van der Waals surface area contributed by atoms with Crippen LogP contribution >= 0.6 is 0 Å². The SMILES string of the molecule is CCOC(=O)C=C1CC[C@@H](C)C1. The highest BCUT2D eigenvalue weighted by Crippen LogP contribution is 2.29. The predicted octanol–water partition coefficient (Wildman–Crippen LogP) is 2.30. The zero-order chi connectivity index (χ0) is 8.97. The van der Waals surface area contributed by atoms with E-state index in [2.05, 4.69) is 6.92 Å². The van der Waals surface area contributed by atoms with Crippen molar-refractivity contribution in [2.75, 3.05) is 6.61 Å². The summed E-state index contributed by atoms with van der Waals surface area (Å²) in [6, 6.07) is 0. The van der Waals surface area contributed by atoms with E-state index in [-0.39, 0.29) is 5.97 Å². The number of carbonyl (C=O) groups is 1. The van der Waals surface area contributed by atoms with Crippen LogP contribution in [0.3, 0.4) is 0 Å². The van der Waals surface area contributed by atoms with Crippen molar-refractivity contribution in [3.63, 3.8) is 0 Å². The summed E-state index contributed by atoms with van der Waals surface area (Å²) in [6.45, 7) is 4.51. The molecule has 1 fully saturated rings. The summed E-state index contributed by atoms with van der Waals surface area (Å²) in [7, 11) is 0. The van der Waals surface area contributed by atoms with Gasteiger partial charge in [0.15, 0.2) is 0 Å². The third-order valence-electron chi connectivity index (χ3n) is 2.18. The lowest BCUT2D eigenvalue weighted by Gasteiger charge is -1.98. The Morgan fingerprint density at radius 3 is 3.00 bits per heavy atom. The minimum absolute atomic E-state index is 0.179. The van der Waals surface area contributed by atoms with Crippen molar-refractivity contribution in [3.05, 3.63) is 11.6 Å². The fourth-order valence-electron chi connectivity index (χ4n) is 1.57. The Balaban J connectivity index is 2.41. The van der Waals surface area contributed by atoms with Crippen molar-refractivity contribution in [3.8, 4) is 0 Å². The molecular formula is C10H16O2. The normalized spacial score (nSPS) is 26.2. The van der Waals surface area contributed by atoms with E-state index in [1.54, 1.807) is 6.08 Å². The molecule has 1 aliphatic carbocycles. The van der Waals surface area contributed by atoms with Crippen LogP contribution in [0.2, 0.25) is 0 Å². The second-order valence-electron chi connectivity index (χ2n) is 3.40. The third-order valence-corrected chi connectivity index (χ3v) is 2.18. The number of esters is 1. The van der Waals surface area contributed by atoms with Crippen LogP contribution in [0.25, 0.3) is 0 Å². The fourth-order valence-corrected chi connectivity index (χ4v) is 1.57. The fraction of sp³-hybridized carbons (Fsp3) is 0.700. The first kappa shape index (κ1) is 9.30. The van der Waals surface area contributed by atoms with Gasteiger partial charge in [-0.05, 0) is 32.1 Å². The molecular weight excluding hydrogens is 152 g/mol. The first-order valence-corrected chi connectivity index (χ1v) is 4.58. The first-order chi connectivity index (χ1) is 5.72. The average Bonchev–Trinajstić information content (AvgIpc) is 2.36. The van der Waals surface area contributed by atoms with Gasteiger partial charge in [-0.25, -0.2) is 4.79 Å². The zero-order valence-electron chi connectivity index (χ0n) is 7.80. The molecule has 0 amide bonds. The molecule has 1 saturated carbocycles. The maximum absolute atomic E-state index is 11.0. The largest absolute Gasteiger partial charge is 0.463 e. The Hall–Kier alpha value is -0.790. The minimum Gasteiger partial charge on any atom is -0.463 e. The van der Waals surface area contributed by atoms with Crippen LogP contribution in [0.4, 0.5) is 0 Å².